The third-order valence-electron chi connectivity index (χ3n) is 6.95. The number of aromatic nitrogens is 1. The van der Waals surface area contributed by atoms with Crippen LogP contribution in [0.4, 0.5) is 18.9 Å². The van der Waals surface area contributed by atoms with Crippen LogP contribution in [-0.2, 0) is 6.18 Å². The van der Waals surface area contributed by atoms with Crippen LogP contribution in [-0.4, -0.2) is 40.8 Å². The number of piperidine rings is 1. The molecular formula is C30H23F3N3O4S-. The molecule has 11 heteroatoms. The molecule has 2 heterocycles. The quantitative estimate of drug-likeness (QED) is 0.327. The van der Waals surface area contributed by atoms with Gasteiger partial charge >= 0.3 is 6.18 Å². The number of hydrogen-bond acceptors (Lipinski definition) is 6. The maximum atomic E-state index is 13.4. The van der Waals surface area contributed by atoms with Crippen molar-refractivity contribution in [3.8, 4) is 11.1 Å². The van der Waals surface area contributed by atoms with Gasteiger partial charge in [0, 0.05) is 35.6 Å². The summed E-state index contributed by atoms with van der Waals surface area (Å²) < 4.78 is 39.0. The highest BCUT2D eigenvalue weighted by molar-refractivity contribution is 7.10. The molecule has 0 aliphatic carbocycles. The predicted octanol–water partition coefficient (Wildman–Crippen LogP) is 5.46. The number of carboxylic acids is 1. The highest BCUT2D eigenvalue weighted by Gasteiger charge is 2.31. The average Bonchev–Trinajstić information content (AvgIpc) is 3.48. The van der Waals surface area contributed by atoms with Crippen LogP contribution in [0, 0.1) is 0 Å². The predicted molar refractivity (Wildman–Crippen MR) is 146 cm³/mol. The highest BCUT2D eigenvalue weighted by Crippen LogP contribution is 2.34. The lowest BCUT2D eigenvalue weighted by Crippen LogP contribution is -2.38. The molecule has 1 saturated heterocycles. The van der Waals surface area contributed by atoms with E-state index in [9.17, 15) is 32.7 Å². The van der Waals surface area contributed by atoms with E-state index in [1.165, 1.54) is 47.7 Å². The standard InChI is InChI=1S/C30H24F3N3O4S/c31-30(32,33)21-9-5-18(6-10-21)23-3-1-2-4-24(23)28(38)36-15-13-19(14-16-36)27-35-25(17-41-27)26(37)34-22-11-7-20(8-12-22)29(39)40/h1-12,17,19H,13-16H2,(H,34,37)(H,39,40)/p-1. The van der Waals surface area contributed by atoms with Gasteiger partial charge in [0.25, 0.3) is 11.8 Å². The molecular weight excluding hydrogens is 555 g/mol. The Labute approximate surface area is 237 Å². The van der Waals surface area contributed by atoms with E-state index in [1.807, 2.05) is 0 Å². The smallest absolute Gasteiger partial charge is 0.416 e. The molecule has 3 aromatic carbocycles. The molecule has 1 aliphatic heterocycles. The number of nitrogens with one attached hydrogen (secondary N) is 1. The lowest BCUT2D eigenvalue weighted by molar-refractivity contribution is -0.255. The zero-order chi connectivity index (χ0) is 29.1. The first-order valence-corrected chi connectivity index (χ1v) is 13.6. The van der Waals surface area contributed by atoms with Gasteiger partial charge in [0.1, 0.15) is 5.69 Å². The normalized spacial score (nSPS) is 14.1. The number of aromatic carboxylic acids is 1. The topological polar surface area (TPSA) is 102 Å². The molecule has 1 aliphatic rings. The minimum absolute atomic E-state index is 0.00634. The number of benzene rings is 3. The Morgan fingerprint density at radius 2 is 1.59 bits per heavy atom. The number of thiazole rings is 1. The van der Waals surface area contributed by atoms with Crippen LogP contribution in [0.15, 0.2) is 78.2 Å². The number of amides is 2. The molecule has 0 saturated carbocycles. The summed E-state index contributed by atoms with van der Waals surface area (Å²) in [5, 5.41) is 16.0. The number of carboxylic acid groups (broad SMARTS) is 1. The van der Waals surface area contributed by atoms with Gasteiger partial charge in [0.15, 0.2) is 0 Å². The van der Waals surface area contributed by atoms with Crippen LogP contribution < -0.4 is 10.4 Å². The minimum atomic E-state index is -4.44. The van der Waals surface area contributed by atoms with Crippen LogP contribution in [0.25, 0.3) is 11.1 Å². The number of alkyl halides is 3. The van der Waals surface area contributed by atoms with Crippen molar-refractivity contribution >= 4 is 34.8 Å². The van der Waals surface area contributed by atoms with Crippen LogP contribution in [0.1, 0.15) is 60.5 Å². The Kier molecular flexibility index (Phi) is 7.89. The number of likely N-dealkylation sites (tertiary alicyclic amines) is 1. The summed E-state index contributed by atoms with van der Waals surface area (Å²) in [4.78, 5) is 43.2. The SMILES string of the molecule is O=C([O-])c1ccc(NC(=O)c2csc(C3CCN(C(=O)c4ccccc4-c4ccc(C(F)(F)F)cc4)CC3)n2)cc1. The Morgan fingerprint density at radius 1 is 0.927 bits per heavy atom. The van der Waals surface area contributed by atoms with E-state index in [1.54, 1.807) is 34.5 Å². The summed E-state index contributed by atoms with van der Waals surface area (Å²) in [7, 11) is 0. The van der Waals surface area contributed by atoms with Crippen LogP contribution in [0.3, 0.4) is 0 Å². The third-order valence-corrected chi connectivity index (χ3v) is 7.95. The van der Waals surface area contributed by atoms with Crippen molar-refractivity contribution in [1.82, 2.24) is 9.88 Å². The van der Waals surface area contributed by atoms with Gasteiger partial charge in [-0.25, -0.2) is 4.98 Å². The van der Waals surface area contributed by atoms with Gasteiger partial charge in [-0.1, -0.05) is 42.5 Å². The second-order valence-corrected chi connectivity index (χ2v) is 10.5. The number of rotatable bonds is 6. The lowest BCUT2D eigenvalue weighted by Gasteiger charge is -2.31. The molecule has 1 aromatic heterocycles. The molecule has 4 aromatic rings. The molecule has 1 N–H and O–H groups in total. The van der Waals surface area contributed by atoms with Crippen molar-refractivity contribution in [1.29, 1.82) is 0 Å². The van der Waals surface area contributed by atoms with Gasteiger partial charge in [0.05, 0.1) is 16.5 Å². The van der Waals surface area contributed by atoms with Crippen molar-refractivity contribution in [3.63, 3.8) is 0 Å². The molecule has 0 atom stereocenters. The van der Waals surface area contributed by atoms with E-state index in [0.29, 0.717) is 48.3 Å². The van der Waals surface area contributed by atoms with Gasteiger partial charge in [0.2, 0.25) is 0 Å². The molecule has 7 nitrogen and oxygen atoms in total. The molecule has 5 rings (SSSR count). The fourth-order valence-electron chi connectivity index (χ4n) is 4.72. The molecule has 0 radical (unpaired) electrons. The third kappa shape index (κ3) is 6.30. The van der Waals surface area contributed by atoms with Crippen molar-refractivity contribution in [2.45, 2.75) is 24.9 Å². The monoisotopic (exact) mass is 578 g/mol. The van der Waals surface area contributed by atoms with E-state index in [0.717, 1.165) is 17.1 Å². The van der Waals surface area contributed by atoms with Gasteiger partial charge in [-0.3, -0.25) is 9.59 Å². The fourth-order valence-corrected chi connectivity index (χ4v) is 5.70. The van der Waals surface area contributed by atoms with Crippen LogP contribution in [0.2, 0.25) is 0 Å². The highest BCUT2D eigenvalue weighted by atomic mass is 32.1. The van der Waals surface area contributed by atoms with E-state index < -0.39 is 23.6 Å². The molecule has 1 fully saturated rings. The maximum absolute atomic E-state index is 13.4. The summed E-state index contributed by atoms with van der Waals surface area (Å²) in [6.07, 6.45) is -3.14. The van der Waals surface area contributed by atoms with Crippen LogP contribution >= 0.6 is 11.3 Å². The first-order chi connectivity index (χ1) is 19.6. The van der Waals surface area contributed by atoms with Gasteiger partial charge < -0.3 is 20.1 Å². The Hall–Kier alpha value is -4.51. The molecule has 0 spiro atoms. The summed E-state index contributed by atoms with van der Waals surface area (Å²) in [5.41, 5.74) is 1.45. The van der Waals surface area contributed by atoms with Gasteiger partial charge in [-0.05, 0) is 59.9 Å². The number of carbonyl (C=O) groups is 3. The number of halogens is 3. The summed E-state index contributed by atoms with van der Waals surface area (Å²) in [6, 6.07) is 17.3. The Balaban J connectivity index is 1.21. The van der Waals surface area contributed by atoms with E-state index in [4.69, 9.17) is 0 Å². The van der Waals surface area contributed by atoms with Crippen LogP contribution in [0.5, 0.6) is 0 Å². The molecule has 210 valence electrons. The van der Waals surface area contributed by atoms with Crippen molar-refractivity contribution in [2.24, 2.45) is 0 Å². The summed E-state index contributed by atoms with van der Waals surface area (Å²) in [5.74, 6) is -1.84. The maximum Gasteiger partial charge on any atom is 0.416 e. The number of hydrogen-bond donors (Lipinski definition) is 1. The van der Waals surface area contributed by atoms with Crippen molar-refractivity contribution in [3.05, 3.63) is 106 Å². The second kappa shape index (κ2) is 11.5. The van der Waals surface area contributed by atoms with E-state index in [2.05, 4.69) is 10.3 Å². The summed E-state index contributed by atoms with van der Waals surface area (Å²) in [6.45, 7) is 0.938. The number of anilines is 1. The van der Waals surface area contributed by atoms with Gasteiger partial charge in [-0.2, -0.15) is 13.2 Å². The average molecular weight is 579 g/mol. The second-order valence-electron chi connectivity index (χ2n) is 9.58. The summed E-state index contributed by atoms with van der Waals surface area (Å²) >= 11 is 1.37. The molecule has 2 amide bonds. The van der Waals surface area contributed by atoms with E-state index in [-0.39, 0.29) is 23.1 Å². The van der Waals surface area contributed by atoms with E-state index >= 15 is 0 Å². The first kappa shape index (κ1) is 28.0. The Morgan fingerprint density at radius 3 is 2.22 bits per heavy atom. The largest absolute Gasteiger partial charge is 0.545 e. The van der Waals surface area contributed by atoms with Crippen molar-refractivity contribution in [2.75, 3.05) is 18.4 Å². The molecule has 0 unspecified atom stereocenters. The molecule has 0 bridgehead atoms. The first-order valence-electron chi connectivity index (χ1n) is 12.7. The lowest BCUT2D eigenvalue weighted by atomic mass is 9.94. The van der Waals surface area contributed by atoms with Gasteiger partial charge in [-0.15, -0.1) is 11.3 Å². The number of carbonyl (C=O) groups excluding carboxylic acids is 3. The minimum Gasteiger partial charge on any atom is -0.545 e. The number of nitrogens with zero attached hydrogens (tertiary/aromatic N) is 2. The zero-order valence-corrected chi connectivity index (χ0v) is 22.3. The Bertz CT molecular complexity index is 1580. The van der Waals surface area contributed by atoms with Crippen molar-refractivity contribution < 1.29 is 32.7 Å². The molecule has 41 heavy (non-hydrogen) atoms. The zero-order valence-electron chi connectivity index (χ0n) is 21.5. The fraction of sp³-hybridized carbons (Fsp3) is 0.200.